The minimum atomic E-state index is -4.42. The van der Waals surface area contributed by atoms with Gasteiger partial charge in [0, 0.05) is 23.8 Å². The molecule has 39 heavy (non-hydrogen) atoms. The van der Waals surface area contributed by atoms with Crippen LogP contribution in [0.25, 0.3) is 0 Å². The highest BCUT2D eigenvalue weighted by Gasteiger charge is 2.33. The third-order valence-electron chi connectivity index (χ3n) is 6.33. The molecule has 0 bridgehead atoms. The van der Waals surface area contributed by atoms with Gasteiger partial charge in [0.25, 0.3) is 0 Å². The van der Waals surface area contributed by atoms with E-state index in [1.807, 2.05) is 12.1 Å². The lowest BCUT2D eigenvalue weighted by atomic mass is 9.94. The van der Waals surface area contributed by atoms with E-state index in [0.29, 0.717) is 65.2 Å². The van der Waals surface area contributed by atoms with Gasteiger partial charge in [0.05, 0.1) is 16.5 Å². The number of amides is 1. The number of carbonyl (C=O) groups excluding carboxylic acids is 1. The Hall–Kier alpha value is -2.65. The van der Waals surface area contributed by atoms with E-state index in [0.717, 1.165) is 17.7 Å². The maximum absolute atomic E-state index is 13.3. The van der Waals surface area contributed by atoms with Crippen molar-refractivity contribution in [1.82, 2.24) is 0 Å². The average molecular weight is 604 g/mol. The van der Waals surface area contributed by atoms with Gasteiger partial charge in [0.1, 0.15) is 24.7 Å². The molecule has 0 saturated carbocycles. The first kappa shape index (κ1) is 30.9. The fourth-order valence-electron chi connectivity index (χ4n) is 4.40. The Balaban J connectivity index is 0.00000420. The van der Waals surface area contributed by atoms with Crippen LogP contribution in [0.15, 0.2) is 60.7 Å². The summed E-state index contributed by atoms with van der Waals surface area (Å²) in [5, 5.41) is 0.947. The molecule has 0 radical (unpaired) electrons. The molecule has 4 rings (SSSR count). The van der Waals surface area contributed by atoms with Gasteiger partial charge in [0.2, 0.25) is 5.91 Å². The fraction of sp³-hybridized carbons (Fsp3) is 0.321. The average Bonchev–Trinajstić information content (AvgIpc) is 2.90. The number of aryl methyl sites for hydroxylation is 1. The van der Waals surface area contributed by atoms with Crippen molar-refractivity contribution in [2.24, 2.45) is 11.7 Å². The smallest absolute Gasteiger partial charge is 0.416 e. The zero-order valence-electron chi connectivity index (χ0n) is 20.8. The summed E-state index contributed by atoms with van der Waals surface area (Å²) in [6.45, 7) is 1.15. The maximum atomic E-state index is 13.3. The lowest BCUT2D eigenvalue weighted by Crippen LogP contribution is -2.42. The molecule has 11 heteroatoms. The summed E-state index contributed by atoms with van der Waals surface area (Å²) in [4.78, 5) is 14.9. The van der Waals surface area contributed by atoms with Gasteiger partial charge in [-0.1, -0.05) is 35.3 Å². The van der Waals surface area contributed by atoms with Crippen LogP contribution in [0.4, 0.5) is 18.9 Å². The summed E-state index contributed by atoms with van der Waals surface area (Å²) < 4.78 is 50.7. The number of hydrogen-bond donors (Lipinski definition) is 1. The minimum Gasteiger partial charge on any atom is -0.490 e. The molecule has 1 aliphatic heterocycles. The Kier molecular flexibility index (Phi) is 10.8. The summed E-state index contributed by atoms with van der Waals surface area (Å²) in [6.07, 6.45) is -2.93. The lowest BCUT2D eigenvalue weighted by molar-refractivity contribution is -0.137. The van der Waals surface area contributed by atoms with Crippen molar-refractivity contribution in [2.75, 3.05) is 31.2 Å². The Morgan fingerprint density at radius 1 is 1.00 bits per heavy atom. The second-order valence-electron chi connectivity index (χ2n) is 8.99. The number of rotatable bonds is 9. The van der Waals surface area contributed by atoms with Crippen LogP contribution >= 0.6 is 35.6 Å². The van der Waals surface area contributed by atoms with E-state index in [4.69, 9.17) is 38.4 Å². The number of benzene rings is 3. The molecule has 0 aliphatic carbocycles. The lowest BCUT2D eigenvalue weighted by Gasteiger charge is -2.32. The molecule has 2 N–H and O–H groups in total. The second kappa shape index (κ2) is 13.6. The fourth-order valence-corrected chi connectivity index (χ4v) is 4.87. The molecule has 210 valence electrons. The number of anilines is 1. The number of carbonyl (C=O) groups is 1. The first-order valence-electron chi connectivity index (χ1n) is 12.2. The van der Waals surface area contributed by atoms with E-state index in [9.17, 15) is 18.0 Å². The number of nitrogens with zero attached hydrogens (tertiary/aromatic N) is 1. The Bertz CT molecular complexity index is 1270. The molecule has 0 fully saturated rings. The highest BCUT2D eigenvalue weighted by Crippen LogP contribution is 2.36. The molecule has 0 spiro atoms. The van der Waals surface area contributed by atoms with Crippen molar-refractivity contribution in [2.45, 2.75) is 25.4 Å². The number of halogens is 6. The summed E-state index contributed by atoms with van der Waals surface area (Å²) in [5.41, 5.74) is 7.20. The number of fused-ring (bicyclic) bond motifs is 1. The molecule has 1 aliphatic rings. The SMILES string of the molecule is Cl.NCC(Cc1ccc(OCCOc2ccc(Cl)cc2Cl)cc1)C(=O)N1CCCc2cc(C(F)(F)F)ccc21. The maximum Gasteiger partial charge on any atom is 0.416 e. The van der Waals surface area contributed by atoms with Crippen LogP contribution in [0.2, 0.25) is 10.0 Å². The van der Waals surface area contributed by atoms with Gasteiger partial charge in [-0.15, -0.1) is 12.4 Å². The molecule has 1 amide bonds. The van der Waals surface area contributed by atoms with Gasteiger partial charge >= 0.3 is 6.18 Å². The first-order valence-corrected chi connectivity index (χ1v) is 12.9. The van der Waals surface area contributed by atoms with Gasteiger partial charge in [-0.2, -0.15) is 13.2 Å². The van der Waals surface area contributed by atoms with Crippen LogP contribution in [0, 0.1) is 5.92 Å². The van der Waals surface area contributed by atoms with Crippen molar-refractivity contribution in [3.8, 4) is 11.5 Å². The van der Waals surface area contributed by atoms with Crippen LogP contribution in [0.3, 0.4) is 0 Å². The zero-order chi connectivity index (χ0) is 27.3. The summed E-state index contributed by atoms with van der Waals surface area (Å²) >= 11 is 12.0. The molecule has 0 saturated heterocycles. The molecule has 3 aromatic carbocycles. The predicted molar refractivity (Wildman–Crippen MR) is 150 cm³/mol. The standard InChI is InChI=1S/C28H27Cl2F3N2O3.ClH/c29-22-6-10-26(24(30)16-22)38-13-12-37-23-7-3-18(4-8-23)14-20(17-34)27(36)35-11-1-2-19-15-21(28(31,32)33)5-9-25(19)35;/h3-10,15-16,20H,1-2,11-14,17,34H2;1H. The zero-order valence-corrected chi connectivity index (χ0v) is 23.2. The van der Waals surface area contributed by atoms with E-state index in [-0.39, 0.29) is 31.5 Å². The van der Waals surface area contributed by atoms with E-state index < -0.39 is 17.7 Å². The third kappa shape index (κ3) is 7.94. The number of ether oxygens (including phenoxy) is 2. The largest absolute Gasteiger partial charge is 0.490 e. The van der Waals surface area contributed by atoms with Crippen molar-refractivity contribution in [3.63, 3.8) is 0 Å². The van der Waals surface area contributed by atoms with Crippen LogP contribution < -0.4 is 20.1 Å². The van der Waals surface area contributed by atoms with E-state index in [1.165, 1.54) is 6.07 Å². The topological polar surface area (TPSA) is 64.8 Å². The second-order valence-corrected chi connectivity index (χ2v) is 9.83. The van der Waals surface area contributed by atoms with Crippen molar-refractivity contribution < 1.29 is 27.4 Å². The molecule has 5 nitrogen and oxygen atoms in total. The molecule has 1 heterocycles. The van der Waals surface area contributed by atoms with Crippen LogP contribution in [-0.4, -0.2) is 32.2 Å². The van der Waals surface area contributed by atoms with Crippen LogP contribution in [0.1, 0.15) is 23.1 Å². The minimum absolute atomic E-state index is 0. The van der Waals surface area contributed by atoms with Gasteiger partial charge < -0.3 is 20.1 Å². The Morgan fingerprint density at radius 2 is 1.72 bits per heavy atom. The molecule has 3 aromatic rings. The van der Waals surface area contributed by atoms with Crippen molar-refractivity contribution in [3.05, 3.63) is 87.4 Å². The Labute approximate surface area is 241 Å². The highest BCUT2D eigenvalue weighted by molar-refractivity contribution is 6.35. The first-order chi connectivity index (χ1) is 18.2. The molecular formula is C28H28Cl3F3N2O3. The highest BCUT2D eigenvalue weighted by atomic mass is 35.5. The molecule has 1 unspecified atom stereocenters. The quantitative estimate of drug-likeness (QED) is 0.268. The molecule has 1 atom stereocenters. The van der Waals surface area contributed by atoms with Crippen molar-refractivity contribution in [1.29, 1.82) is 0 Å². The Morgan fingerprint density at radius 3 is 2.38 bits per heavy atom. The van der Waals surface area contributed by atoms with E-state index in [1.54, 1.807) is 35.2 Å². The number of alkyl halides is 3. The van der Waals surface area contributed by atoms with Gasteiger partial charge in [-0.05, 0) is 78.9 Å². The van der Waals surface area contributed by atoms with Crippen LogP contribution in [-0.2, 0) is 23.8 Å². The third-order valence-corrected chi connectivity index (χ3v) is 6.86. The van der Waals surface area contributed by atoms with Crippen molar-refractivity contribution >= 4 is 47.2 Å². The van der Waals surface area contributed by atoms with Gasteiger partial charge in [-0.3, -0.25) is 4.79 Å². The monoisotopic (exact) mass is 602 g/mol. The summed E-state index contributed by atoms with van der Waals surface area (Å²) in [6, 6.07) is 15.9. The predicted octanol–water partition coefficient (Wildman–Crippen LogP) is 6.99. The molecule has 0 aromatic heterocycles. The van der Waals surface area contributed by atoms with Crippen LogP contribution in [0.5, 0.6) is 11.5 Å². The van der Waals surface area contributed by atoms with Gasteiger partial charge in [-0.25, -0.2) is 0 Å². The molecular weight excluding hydrogens is 576 g/mol. The van der Waals surface area contributed by atoms with E-state index >= 15 is 0 Å². The summed E-state index contributed by atoms with van der Waals surface area (Å²) in [5.74, 6) is 0.462. The summed E-state index contributed by atoms with van der Waals surface area (Å²) in [7, 11) is 0. The van der Waals surface area contributed by atoms with E-state index in [2.05, 4.69) is 0 Å². The van der Waals surface area contributed by atoms with Gasteiger partial charge in [0.15, 0.2) is 0 Å². The number of hydrogen-bond acceptors (Lipinski definition) is 4. The normalized spacial score (nSPS) is 13.7. The number of nitrogens with two attached hydrogens (primary N) is 1.